The lowest BCUT2D eigenvalue weighted by atomic mass is 10.1. The average molecular weight is 339 g/mol. The third-order valence-corrected chi connectivity index (χ3v) is 2.52. The molecule has 1 rings (SSSR count). The molecule has 6 N–H and O–H groups in total. The van der Waals surface area contributed by atoms with Crippen LogP contribution in [0.1, 0.15) is 11.1 Å². The zero-order chi connectivity index (χ0) is 18.2. The summed E-state index contributed by atoms with van der Waals surface area (Å²) in [5, 5.41) is 32.5. The van der Waals surface area contributed by atoms with Gasteiger partial charge in [0.1, 0.15) is 0 Å². The molecule has 0 amide bonds. The van der Waals surface area contributed by atoms with E-state index >= 15 is 0 Å². The molecule has 7 nitrogen and oxygen atoms in total. The molecule has 1 aromatic carbocycles. The van der Waals surface area contributed by atoms with Gasteiger partial charge in [-0.2, -0.15) is 13.2 Å². The molecule has 0 fully saturated rings. The Bertz CT molecular complexity index is 499. The van der Waals surface area contributed by atoms with Gasteiger partial charge in [0.2, 0.25) is 0 Å². The standard InChI is InChI=1S/C9H10F3N.C4H6O6/c10-9(11,12)8-3-1-7(2-4-8)5-6-13;5-1(3(7)8)2(6)4(9)10/h1-4H,5-6,13H2;1-2,5-6H,(H,7,8)(H,9,10). The molecule has 0 spiro atoms. The molecule has 0 aliphatic carbocycles. The van der Waals surface area contributed by atoms with E-state index in [1.165, 1.54) is 12.1 Å². The quantitative estimate of drug-likeness (QED) is 0.512. The van der Waals surface area contributed by atoms with E-state index in [9.17, 15) is 22.8 Å². The minimum absolute atomic E-state index is 0.450. The maximum atomic E-state index is 12.1. The summed E-state index contributed by atoms with van der Waals surface area (Å²) < 4.78 is 36.2. The average Bonchev–Trinajstić information content (AvgIpc) is 2.46. The number of benzene rings is 1. The number of rotatable bonds is 5. The van der Waals surface area contributed by atoms with E-state index in [-0.39, 0.29) is 0 Å². The number of aliphatic carboxylic acids is 2. The molecule has 0 aromatic heterocycles. The Balaban J connectivity index is 0.000000438. The Hall–Kier alpha value is -2.17. The van der Waals surface area contributed by atoms with Gasteiger partial charge in [-0.3, -0.25) is 0 Å². The van der Waals surface area contributed by atoms with E-state index in [1.54, 1.807) is 0 Å². The number of aliphatic hydroxyl groups excluding tert-OH is 2. The number of halogens is 3. The van der Waals surface area contributed by atoms with Gasteiger partial charge in [0, 0.05) is 0 Å². The smallest absolute Gasteiger partial charge is 0.416 e. The Kier molecular flexibility index (Phi) is 8.22. The van der Waals surface area contributed by atoms with Crippen molar-refractivity contribution in [2.24, 2.45) is 5.73 Å². The van der Waals surface area contributed by atoms with E-state index in [1.807, 2.05) is 0 Å². The largest absolute Gasteiger partial charge is 0.479 e. The van der Waals surface area contributed by atoms with Crippen LogP contribution >= 0.6 is 0 Å². The molecule has 2 atom stereocenters. The highest BCUT2D eigenvalue weighted by molar-refractivity contribution is 5.83. The first-order valence-electron chi connectivity index (χ1n) is 6.18. The van der Waals surface area contributed by atoms with Crippen LogP contribution in [0.5, 0.6) is 0 Å². The van der Waals surface area contributed by atoms with Crippen molar-refractivity contribution in [3.8, 4) is 0 Å². The number of aliphatic hydroxyl groups is 2. The second-order valence-electron chi connectivity index (χ2n) is 4.30. The zero-order valence-electron chi connectivity index (χ0n) is 11.7. The molecule has 0 saturated heterocycles. The molecule has 0 saturated carbocycles. The number of hydrogen-bond acceptors (Lipinski definition) is 5. The highest BCUT2D eigenvalue weighted by Gasteiger charge is 2.30. The third kappa shape index (κ3) is 7.58. The van der Waals surface area contributed by atoms with E-state index in [4.69, 9.17) is 26.2 Å². The molecule has 0 heterocycles. The SMILES string of the molecule is NCCc1ccc(C(F)(F)F)cc1.O=C(O)C(O)C(O)C(=O)O. The van der Waals surface area contributed by atoms with Crippen molar-refractivity contribution in [1.82, 2.24) is 0 Å². The molecule has 130 valence electrons. The first kappa shape index (κ1) is 20.8. The maximum absolute atomic E-state index is 12.1. The normalized spacial score (nSPS) is 13.5. The highest BCUT2D eigenvalue weighted by Crippen LogP contribution is 2.28. The molecule has 0 radical (unpaired) electrons. The van der Waals surface area contributed by atoms with Crippen molar-refractivity contribution < 1.29 is 43.2 Å². The van der Waals surface area contributed by atoms with Crippen molar-refractivity contribution in [3.05, 3.63) is 35.4 Å². The molecule has 2 unspecified atom stereocenters. The number of alkyl halides is 3. The fourth-order valence-electron chi connectivity index (χ4n) is 1.30. The Morgan fingerprint density at radius 1 is 1.00 bits per heavy atom. The second-order valence-corrected chi connectivity index (χ2v) is 4.30. The lowest BCUT2D eigenvalue weighted by molar-refractivity contribution is -0.165. The van der Waals surface area contributed by atoms with Gasteiger partial charge in [0.15, 0.2) is 12.2 Å². The van der Waals surface area contributed by atoms with E-state index in [0.29, 0.717) is 13.0 Å². The summed E-state index contributed by atoms with van der Waals surface area (Å²) in [6, 6.07) is 5.06. The lowest BCUT2D eigenvalue weighted by Gasteiger charge is -2.07. The Morgan fingerprint density at radius 2 is 1.39 bits per heavy atom. The van der Waals surface area contributed by atoms with Gasteiger partial charge < -0.3 is 26.2 Å². The van der Waals surface area contributed by atoms with Crippen LogP contribution < -0.4 is 5.73 Å². The number of carbonyl (C=O) groups is 2. The minimum Gasteiger partial charge on any atom is -0.479 e. The number of nitrogens with two attached hydrogens (primary N) is 1. The van der Waals surface area contributed by atoms with E-state index < -0.39 is 35.9 Å². The summed E-state index contributed by atoms with van der Waals surface area (Å²) in [5.74, 6) is -3.54. The fraction of sp³-hybridized carbons (Fsp3) is 0.385. The molecule has 1 aromatic rings. The van der Waals surface area contributed by atoms with Crippen LogP contribution in [0.25, 0.3) is 0 Å². The summed E-state index contributed by atoms with van der Waals surface area (Å²) in [5.41, 5.74) is 5.47. The summed E-state index contributed by atoms with van der Waals surface area (Å²) in [6.45, 7) is 0.450. The van der Waals surface area contributed by atoms with Crippen LogP contribution in [0.2, 0.25) is 0 Å². The van der Waals surface area contributed by atoms with Crippen LogP contribution in [-0.2, 0) is 22.2 Å². The van der Waals surface area contributed by atoms with Crippen molar-refractivity contribution in [2.75, 3.05) is 6.54 Å². The zero-order valence-corrected chi connectivity index (χ0v) is 11.7. The summed E-state index contributed by atoms with van der Waals surface area (Å²) in [4.78, 5) is 19.5. The number of carboxylic acids is 2. The monoisotopic (exact) mass is 339 g/mol. The first-order chi connectivity index (χ1) is 10.5. The van der Waals surface area contributed by atoms with Gasteiger partial charge >= 0.3 is 18.1 Å². The van der Waals surface area contributed by atoms with Crippen LogP contribution in [0.3, 0.4) is 0 Å². The van der Waals surface area contributed by atoms with Crippen LogP contribution in [0, 0.1) is 0 Å². The van der Waals surface area contributed by atoms with E-state index in [2.05, 4.69) is 0 Å². The van der Waals surface area contributed by atoms with Crippen molar-refractivity contribution in [3.63, 3.8) is 0 Å². The van der Waals surface area contributed by atoms with Crippen molar-refractivity contribution in [1.29, 1.82) is 0 Å². The second kappa shape index (κ2) is 9.08. The summed E-state index contributed by atoms with van der Waals surface area (Å²) in [6.07, 6.45) is -8.17. The summed E-state index contributed by atoms with van der Waals surface area (Å²) in [7, 11) is 0. The predicted octanol–water partition coefficient (Wildman–Crippen LogP) is 0.0840. The van der Waals surface area contributed by atoms with Crippen LogP contribution in [0.15, 0.2) is 24.3 Å². The van der Waals surface area contributed by atoms with Crippen LogP contribution in [0.4, 0.5) is 13.2 Å². The molecular weight excluding hydrogens is 323 g/mol. The topological polar surface area (TPSA) is 141 Å². The van der Waals surface area contributed by atoms with Crippen LogP contribution in [-0.4, -0.2) is 51.1 Å². The fourth-order valence-corrected chi connectivity index (χ4v) is 1.30. The van der Waals surface area contributed by atoms with E-state index in [0.717, 1.165) is 17.7 Å². The molecule has 23 heavy (non-hydrogen) atoms. The molecule has 0 aliphatic heterocycles. The minimum atomic E-state index is -4.25. The summed E-state index contributed by atoms with van der Waals surface area (Å²) >= 11 is 0. The van der Waals surface area contributed by atoms with Gasteiger partial charge in [-0.05, 0) is 30.7 Å². The predicted molar refractivity (Wildman–Crippen MR) is 71.5 cm³/mol. The van der Waals surface area contributed by atoms with Crippen molar-refractivity contribution >= 4 is 11.9 Å². The van der Waals surface area contributed by atoms with Gasteiger partial charge in [-0.1, -0.05) is 12.1 Å². The molecule has 0 bridgehead atoms. The maximum Gasteiger partial charge on any atom is 0.416 e. The lowest BCUT2D eigenvalue weighted by Crippen LogP contribution is -2.39. The Labute approximate surface area is 128 Å². The number of carboxylic acid groups (broad SMARTS) is 2. The molecule has 0 aliphatic rings. The van der Waals surface area contributed by atoms with Gasteiger partial charge in [0.05, 0.1) is 5.56 Å². The van der Waals surface area contributed by atoms with Gasteiger partial charge in [-0.25, -0.2) is 9.59 Å². The first-order valence-corrected chi connectivity index (χ1v) is 6.18. The molecular formula is C13H16F3NO6. The van der Waals surface area contributed by atoms with Gasteiger partial charge in [0.25, 0.3) is 0 Å². The number of hydrogen-bond donors (Lipinski definition) is 5. The third-order valence-electron chi connectivity index (χ3n) is 2.52. The highest BCUT2D eigenvalue weighted by atomic mass is 19.4. The van der Waals surface area contributed by atoms with Crippen molar-refractivity contribution in [2.45, 2.75) is 24.8 Å². The molecule has 10 heteroatoms. The van der Waals surface area contributed by atoms with Gasteiger partial charge in [-0.15, -0.1) is 0 Å². The Morgan fingerprint density at radius 3 is 1.65 bits per heavy atom.